The first-order chi connectivity index (χ1) is 9.19. The van der Waals surface area contributed by atoms with Crippen LogP contribution >= 0.6 is 11.6 Å². The lowest BCUT2D eigenvalue weighted by Gasteiger charge is -2.08. The van der Waals surface area contributed by atoms with Crippen molar-refractivity contribution in [2.75, 3.05) is 7.11 Å². The normalized spacial score (nSPS) is 10.5. The lowest BCUT2D eigenvalue weighted by molar-refractivity contribution is 0.397. The van der Waals surface area contributed by atoms with Crippen LogP contribution in [-0.4, -0.2) is 12.1 Å². The Hall–Kier alpha value is -1.58. The molecule has 0 atom stereocenters. The smallest absolute Gasteiger partial charge is 0.213 e. The summed E-state index contributed by atoms with van der Waals surface area (Å²) in [7, 11) is 1.62. The Kier molecular flexibility index (Phi) is 4.77. The van der Waals surface area contributed by atoms with Crippen molar-refractivity contribution >= 4 is 11.6 Å². The molecule has 0 bridgehead atoms. The Morgan fingerprint density at radius 2 is 2.05 bits per heavy atom. The van der Waals surface area contributed by atoms with E-state index in [1.54, 1.807) is 13.3 Å². The Balaban J connectivity index is 1.92. The highest BCUT2D eigenvalue weighted by Gasteiger charge is 2.01. The number of ether oxygens (including phenoxy) is 1. The van der Waals surface area contributed by atoms with Crippen LogP contribution in [0.25, 0.3) is 0 Å². The van der Waals surface area contributed by atoms with Crippen molar-refractivity contribution in [1.82, 2.24) is 10.3 Å². The lowest BCUT2D eigenvalue weighted by Crippen LogP contribution is -2.13. The Bertz CT molecular complexity index is 558. The van der Waals surface area contributed by atoms with E-state index >= 15 is 0 Å². The molecular weight excluding hydrogens is 260 g/mol. The number of rotatable bonds is 5. The van der Waals surface area contributed by atoms with Crippen LogP contribution in [0.15, 0.2) is 36.5 Å². The van der Waals surface area contributed by atoms with Gasteiger partial charge in [-0.3, -0.25) is 0 Å². The molecular formula is C15H17ClN2O. The van der Waals surface area contributed by atoms with Crippen LogP contribution in [0, 0.1) is 6.92 Å². The lowest BCUT2D eigenvalue weighted by atomic mass is 10.1. The van der Waals surface area contributed by atoms with E-state index in [1.807, 2.05) is 25.1 Å². The quantitative estimate of drug-likeness (QED) is 0.909. The van der Waals surface area contributed by atoms with Crippen LogP contribution in [0.2, 0.25) is 5.02 Å². The summed E-state index contributed by atoms with van der Waals surface area (Å²) in [5.41, 5.74) is 3.41. The molecule has 2 aromatic rings. The molecule has 3 nitrogen and oxygen atoms in total. The minimum atomic E-state index is 0.632. The number of pyridine rings is 1. The van der Waals surface area contributed by atoms with Crippen LogP contribution in [0.5, 0.6) is 5.88 Å². The molecule has 0 aliphatic rings. The number of nitrogens with zero attached hydrogens (tertiary/aromatic N) is 1. The molecule has 0 spiro atoms. The summed E-state index contributed by atoms with van der Waals surface area (Å²) in [6.07, 6.45) is 1.74. The summed E-state index contributed by atoms with van der Waals surface area (Å²) in [6.45, 7) is 3.53. The molecule has 1 N–H and O–H groups in total. The zero-order chi connectivity index (χ0) is 13.7. The topological polar surface area (TPSA) is 34.1 Å². The second-order valence-corrected chi connectivity index (χ2v) is 4.81. The number of aryl methyl sites for hydroxylation is 1. The molecule has 0 radical (unpaired) electrons. The molecule has 0 unspecified atom stereocenters. The van der Waals surface area contributed by atoms with Gasteiger partial charge in [-0.15, -0.1) is 0 Å². The summed E-state index contributed by atoms with van der Waals surface area (Å²) >= 11 is 6.19. The van der Waals surface area contributed by atoms with Crippen molar-refractivity contribution in [2.24, 2.45) is 0 Å². The molecule has 1 aromatic carbocycles. The van der Waals surface area contributed by atoms with Gasteiger partial charge < -0.3 is 10.1 Å². The average molecular weight is 277 g/mol. The highest BCUT2D eigenvalue weighted by molar-refractivity contribution is 6.31. The standard InChI is InChI=1S/C15H17ClN2O/c1-11-3-4-13(14(16)7-11)10-17-9-12-5-6-18-15(8-12)19-2/h3-8,17H,9-10H2,1-2H3. The highest BCUT2D eigenvalue weighted by Crippen LogP contribution is 2.17. The summed E-state index contributed by atoms with van der Waals surface area (Å²) in [5, 5.41) is 4.17. The van der Waals surface area contributed by atoms with Crippen molar-refractivity contribution in [3.63, 3.8) is 0 Å². The summed E-state index contributed by atoms with van der Waals surface area (Å²) in [6, 6.07) is 9.99. The van der Waals surface area contributed by atoms with Crippen LogP contribution in [0.1, 0.15) is 16.7 Å². The van der Waals surface area contributed by atoms with Crippen LogP contribution < -0.4 is 10.1 Å². The van der Waals surface area contributed by atoms with Gasteiger partial charge in [0.25, 0.3) is 0 Å². The molecule has 0 saturated carbocycles. The monoisotopic (exact) mass is 276 g/mol. The number of benzene rings is 1. The van der Waals surface area contributed by atoms with Crippen LogP contribution in [0.3, 0.4) is 0 Å². The third-order valence-corrected chi connectivity index (χ3v) is 3.21. The molecule has 19 heavy (non-hydrogen) atoms. The largest absolute Gasteiger partial charge is 0.481 e. The van der Waals surface area contributed by atoms with Gasteiger partial charge in [-0.25, -0.2) is 4.98 Å². The molecule has 4 heteroatoms. The predicted molar refractivity (Wildman–Crippen MR) is 77.5 cm³/mol. The van der Waals surface area contributed by atoms with Crippen molar-refractivity contribution in [3.05, 3.63) is 58.2 Å². The summed E-state index contributed by atoms with van der Waals surface area (Å²) in [5.74, 6) is 0.632. The van der Waals surface area contributed by atoms with Crippen LogP contribution in [-0.2, 0) is 13.1 Å². The zero-order valence-corrected chi connectivity index (χ0v) is 11.9. The third-order valence-electron chi connectivity index (χ3n) is 2.86. The summed E-state index contributed by atoms with van der Waals surface area (Å²) < 4.78 is 5.09. The zero-order valence-electron chi connectivity index (χ0n) is 11.1. The van der Waals surface area contributed by atoms with Gasteiger partial charge >= 0.3 is 0 Å². The fourth-order valence-corrected chi connectivity index (χ4v) is 2.11. The van der Waals surface area contributed by atoms with E-state index in [2.05, 4.69) is 22.4 Å². The van der Waals surface area contributed by atoms with Crippen molar-refractivity contribution < 1.29 is 4.74 Å². The minimum absolute atomic E-state index is 0.632. The van der Waals surface area contributed by atoms with E-state index in [0.717, 1.165) is 29.2 Å². The maximum Gasteiger partial charge on any atom is 0.213 e. The number of aromatic nitrogens is 1. The van der Waals surface area contributed by atoms with Crippen molar-refractivity contribution in [1.29, 1.82) is 0 Å². The van der Waals surface area contributed by atoms with E-state index in [0.29, 0.717) is 5.88 Å². The third kappa shape index (κ3) is 3.94. The number of nitrogens with one attached hydrogen (secondary N) is 1. The predicted octanol–water partition coefficient (Wildman–Crippen LogP) is 3.34. The van der Waals surface area contributed by atoms with Gasteiger partial charge in [0.1, 0.15) is 0 Å². The van der Waals surface area contributed by atoms with Gasteiger partial charge in [0.05, 0.1) is 7.11 Å². The molecule has 1 heterocycles. The number of hydrogen-bond acceptors (Lipinski definition) is 3. The molecule has 0 saturated heterocycles. The first-order valence-corrected chi connectivity index (χ1v) is 6.51. The van der Waals surface area contributed by atoms with Gasteiger partial charge in [-0.2, -0.15) is 0 Å². The first kappa shape index (κ1) is 13.8. The van der Waals surface area contributed by atoms with E-state index in [-0.39, 0.29) is 0 Å². The molecule has 0 amide bonds. The molecule has 100 valence electrons. The van der Waals surface area contributed by atoms with E-state index in [1.165, 1.54) is 5.56 Å². The Labute approximate surface area is 118 Å². The van der Waals surface area contributed by atoms with Gasteiger partial charge in [-0.05, 0) is 35.7 Å². The highest BCUT2D eigenvalue weighted by atomic mass is 35.5. The number of methoxy groups -OCH3 is 1. The van der Waals surface area contributed by atoms with Crippen molar-refractivity contribution in [2.45, 2.75) is 20.0 Å². The fraction of sp³-hybridized carbons (Fsp3) is 0.267. The Morgan fingerprint density at radius 3 is 2.79 bits per heavy atom. The maximum atomic E-state index is 6.19. The average Bonchev–Trinajstić information content (AvgIpc) is 2.41. The Morgan fingerprint density at radius 1 is 1.21 bits per heavy atom. The SMILES string of the molecule is COc1cc(CNCc2ccc(C)cc2Cl)ccn1. The molecule has 2 rings (SSSR count). The van der Waals surface area contributed by atoms with Crippen LogP contribution in [0.4, 0.5) is 0 Å². The second kappa shape index (κ2) is 6.55. The van der Waals surface area contributed by atoms with Gasteiger partial charge in [0.2, 0.25) is 5.88 Å². The fourth-order valence-electron chi connectivity index (χ4n) is 1.81. The molecule has 0 aliphatic carbocycles. The summed E-state index contributed by atoms with van der Waals surface area (Å²) in [4.78, 5) is 4.08. The van der Waals surface area contributed by atoms with Gasteiger partial charge in [0, 0.05) is 30.4 Å². The van der Waals surface area contributed by atoms with E-state index < -0.39 is 0 Å². The molecule has 0 fully saturated rings. The van der Waals surface area contributed by atoms with E-state index in [9.17, 15) is 0 Å². The van der Waals surface area contributed by atoms with Crippen molar-refractivity contribution in [3.8, 4) is 5.88 Å². The minimum Gasteiger partial charge on any atom is -0.481 e. The maximum absolute atomic E-state index is 6.19. The van der Waals surface area contributed by atoms with Gasteiger partial charge in [-0.1, -0.05) is 23.7 Å². The molecule has 1 aromatic heterocycles. The van der Waals surface area contributed by atoms with E-state index in [4.69, 9.17) is 16.3 Å². The number of halogens is 1. The number of hydrogen-bond donors (Lipinski definition) is 1. The first-order valence-electron chi connectivity index (χ1n) is 6.13. The van der Waals surface area contributed by atoms with Gasteiger partial charge in [0.15, 0.2) is 0 Å². The molecule has 0 aliphatic heterocycles. The second-order valence-electron chi connectivity index (χ2n) is 4.40.